The Hall–Kier alpha value is -0.610. The molecular formula is C26H44O4. The predicted octanol–water partition coefficient (Wildman–Crippen LogP) is 5.11. The molecule has 0 spiro atoms. The van der Waals surface area contributed by atoms with Gasteiger partial charge in [-0.1, -0.05) is 34.1 Å². The maximum atomic E-state index is 11.7. The van der Waals surface area contributed by atoms with E-state index in [1.165, 1.54) is 25.7 Å². The van der Waals surface area contributed by atoms with E-state index in [2.05, 4.69) is 27.7 Å². The number of carboxylic acids is 1. The maximum absolute atomic E-state index is 11.7. The van der Waals surface area contributed by atoms with Gasteiger partial charge in [-0.3, -0.25) is 4.79 Å². The molecule has 0 amide bonds. The summed E-state index contributed by atoms with van der Waals surface area (Å²) in [7, 11) is 0. The number of hydrogen-bond donors (Lipinski definition) is 3. The number of aliphatic hydroxyl groups is 2. The molecule has 3 N–H and O–H groups in total. The summed E-state index contributed by atoms with van der Waals surface area (Å²) in [5.41, 5.74) is 0.480. The number of carboxylic acid groups (broad SMARTS) is 1. The van der Waals surface area contributed by atoms with Gasteiger partial charge >= 0.3 is 5.97 Å². The average molecular weight is 421 g/mol. The van der Waals surface area contributed by atoms with Crippen LogP contribution in [0.3, 0.4) is 0 Å². The molecule has 0 heterocycles. The largest absolute Gasteiger partial charge is 0.481 e. The number of aliphatic hydroxyl groups excluding tert-OH is 2. The molecule has 0 radical (unpaired) electrons. The van der Waals surface area contributed by atoms with Gasteiger partial charge in [-0.2, -0.15) is 0 Å². The van der Waals surface area contributed by atoms with Crippen molar-refractivity contribution in [3.63, 3.8) is 0 Å². The van der Waals surface area contributed by atoms with Gasteiger partial charge in [0.25, 0.3) is 0 Å². The summed E-state index contributed by atoms with van der Waals surface area (Å²) in [5.74, 6) is 2.58. The van der Waals surface area contributed by atoms with Crippen molar-refractivity contribution in [2.24, 2.45) is 52.3 Å². The molecule has 4 aliphatic carbocycles. The zero-order valence-corrected chi connectivity index (χ0v) is 19.5. The molecule has 0 aromatic rings. The molecule has 4 saturated carbocycles. The van der Waals surface area contributed by atoms with Crippen molar-refractivity contribution in [2.75, 3.05) is 0 Å². The van der Waals surface area contributed by atoms with E-state index in [1.54, 1.807) is 0 Å². The standard InChI is InChI=1S/C26H44O4/c1-5-17-21-14-16(27)10-12-26(21,4)20-11-13-25(3)18(15(2)6-9-22(28)29)7-8-19(25)23(20)24(17)30/h15-21,23-24,27,30H,5-14H2,1-4H3,(H,28,29)/t15-,16-,17-,18-,19-,20+,21+,23-,24+,25-,26-/m1/s1. The van der Waals surface area contributed by atoms with Gasteiger partial charge in [0, 0.05) is 6.42 Å². The fourth-order valence-electron chi connectivity index (χ4n) is 9.48. The zero-order chi connectivity index (χ0) is 21.8. The van der Waals surface area contributed by atoms with Crippen LogP contribution in [0.1, 0.15) is 91.9 Å². The monoisotopic (exact) mass is 420 g/mol. The highest BCUT2D eigenvalue weighted by molar-refractivity contribution is 5.66. The molecule has 4 rings (SSSR count). The van der Waals surface area contributed by atoms with Crippen LogP contribution in [-0.4, -0.2) is 33.5 Å². The topological polar surface area (TPSA) is 77.8 Å². The average Bonchev–Trinajstić information content (AvgIpc) is 3.05. The Morgan fingerprint density at radius 3 is 2.33 bits per heavy atom. The van der Waals surface area contributed by atoms with Gasteiger partial charge in [0.15, 0.2) is 0 Å². The van der Waals surface area contributed by atoms with Gasteiger partial charge in [0.05, 0.1) is 12.2 Å². The normalized spacial score (nSPS) is 51.5. The molecule has 0 aromatic heterocycles. The first-order valence-electron chi connectivity index (χ1n) is 12.7. The van der Waals surface area contributed by atoms with Crippen molar-refractivity contribution in [3.8, 4) is 0 Å². The lowest BCUT2D eigenvalue weighted by Gasteiger charge is -2.64. The van der Waals surface area contributed by atoms with Crippen molar-refractivity contribution in [3.05, 3.63) is 0 Å². The van der Waals surface area contributed by atoms with Gasteiger partial charge in [-0.15, -0.1) is 0 Å². The Balaban J connectivity index is 1.61. The number of carbonyl (C=O) groups is 1. The second-order valence-electron chi connectivity index (χ2n) is 12.0. The predicted molar refractivity (Wildman–Crippen MR) is 118 cm³/mol. The first kappa shape index (κ1) is 22.6. The molecule has 172 valence electrons. The molecule has 30 heavy (non-hydrogen) atoms. The van der Waals surface area contributed by atoms with Crippen molar-refractivity contribution in [1.82, 2.24) is 0 Å². The fraction of sp³-hybridized carbons (Fsp3) is 0.962. The minimum absolute atomic E-state index is 0.194. The Bertz CT molecular complexity index is 649. The summed E-state index contributed by atoms with van der Waals surface area (Å²) in [4.78, 5) is 11.1. The molecule has 0 aromatic carbocycles. The van der Waals surface area contributed by atoms with E-state index in [0.29, 0.717) is 41.4 Å². The third kappa shape index (κ3) is 3.36. The van der Waals surface area contributed by atoms with E-state index in [0.717, 1.165) is 32.1 Å². The summed E-state index contributed by atoms with van der Waals surface area (Å²) >= 11 is 0. The second kappa shape index (κ2) is 8.06. The Morgan fingerprint density at radius 1 is 1.00 bits per heavy atom. The molecular weight excluding hydrogens is 376 g/mol. The molecule has 4 heteroatoms. The Labute approximate surface area is 182 Å². The lowest BCUT2D eigenvalue weighted by molar-refractivity contribution is -0.203. The van der Waals surface area contributed by atoms with E-state index >= 15 is 0 Å². The Morgan fingerprint density at radius 2 is 1.67 bits per heavy atom. The van der Waals surface area contributed by atoms with E-state index < -0.39 is 5.97 Å². The minimum atomic E-state index is -0.683. The zero-order valence-electron chi connectivity index (χ0n) is 19.5. The molecule has 4 nitrogen and oxygen atoms in total. The molecule has 4 fully saturated rings. The summed E-state index contributed by atoms with van der Waals surface area (Å²) in [6, 6.07) is 0. The van der Waals surface area contributed by atoms with Crippen molar-refractivity contribution < 1.29 is 20.1 Å². The van der Waals surface area contributed by atoms with E-state index in [1.807, 2.05) is 0 Å². The number of hydrogen-bond acceptors (Lipinski definition) is 3. The van der Waals surface area contributed by atoms with Crippen LogP contribution in [0.25, 0.3) is 0 Å². The smallest absolute Gasteiger partial charge is 0.303 e. The molecule has 4 aliphatic rings. The van der Waals surface area contributed by atoms with Gasteiger partial charge in [0.2, 0.25) is 0 Å². The minimum Gasteiger partial charge on any atom is -0.481 e. The summed E-state index contributed by atoms with van der Waals surface area (Å²) in [5, 5.41) is 31.3. The maximum Gasteiger partial charge on any atom is 0.303 e. The van der Waals surface area contributed by atoms with Crippen LogP contribution in [-0.2, 0) is 4.79 Å². The van der Waals surface area contributed by atoms with E-state index in [9.17, 15) is 15.0 Å². The second-order valence-corrected chi connectivity index (χ2v) is 12.0. The van der Waals surface area contributed by atoms with Gasteiger partial charge in [-0.25, -0.2) is 0 Å². The molecule has 0 aliphatic heterocycles. The van der Waals surface area contributed by atoms with Crippen LogP contribution in [0.5, 0.6) is 0 Å². The molecule has 0 saturated heterocycles. The lowest BCUT2D eigenvalue weighted by Crippen LogP contribution is -2.62. The first-order valence-corrected chi connectivity index (χ1v) is 12.7. The van der Waals surface area contributed by atoms with Gasteiger partial charge in [0.1, 0.15) is 0 Å². The molecule has 11 atom stereocenters. The van der Waals surface area contributed by atoms with Crippen molar-refractivity contribution in [2.45, 2.75) is 104 Å². The molecule has 0 unspecified atom stereocenters. The van der Waals surface area contributed by atoms with Crippen LogP contribution >= 0.6 is 0 Å². The van der Waals surface area contributed by atoms with Crippen molar-refractivity contribution >= 4 is 5.97 Å². The van der Waals surface area contributed by atoms with Crippen molar-refractivity contribution in [1.29, 1.82) is 0 Å². The Kier molecular flexibility index (Phi) is 6.07. The van der Waals surface area contributed by atoms with Gasteiger partial charge < -0.3 is 15.3 Å². The van der Waals surface area contributed by atoms with Crippen LogP contribution in [0.2, 0.25) is 0 Å². The number of aliphatic carboxylic acids is 1. The number of fused-ring (bicyclic) bond motifs is 5. The van der Waals surface area contributed by atoms with Crippen LogP contribution in [0.15, 0.2) is 0 Å². The summed E-state index contributed by atoms with van der Waals surface area (Å²) in [6.45, 7) is 9.44. The van der Waals surface area contributed by atoms with Crippen LogP contribution in [0.4, 0.5) is 0 Å². The van der Waals surface area contributed by atoms with Crippen LogP contribution in [0, 0.1) is 52.3 Å². The summed E-state index contributed by atoms with van der Waals surface area (Å²) in [6.07, 6.45) is 9.27. The lowest BCUT2D eigenvalue weighted by atomic mass is 9.41. The van der Waals surface area contributed by atoms with E-state index in [-0.39, 0.29) is 29.5 Å². The van der Waals surface area contributed by atoms with Crippen LogP contribution < -0.4 is 0 Å². The SMILES string of the molecule is CC[C@H]1[C@H](O)[C@@H]2[C@H]3CC[C@H]([C@H](C)CCC(=O)O)[C@@]3(C)CC[C@@H]2[C@@]2(C)CC[C@@H](O)C[C@@H]12. The quantitative estimate of drug-likeness (QED) is 0.577. The summed E-state index contributed by atoms with van der Waals surface area (Å²) < 4.78 is 0. The van der Waals surface area contributed by atoms with E-state index in [4.69, 9.17) is 5.11 Å². The fourth-order valence-corrected chi connectivity index (χ4v) is 9.48. The first-order chi connectivity index (χ1) is 14.1. The number of rotatable bonds is 5. The third-order valence-electron chi connectivity index (χ3n) is 11.0. The molecule has 0 bridgehead atoms. The van der Waals surface area contributed by atoms with Gasteiger partial charge in [-0.05, 0) is 104 Å². The highest BCUT2D eigenvalue weighted by Crippen LogP contribution is 2.69. The third-order valence-corrected chi connectivity index (χ3v) is 11.0. The highest BCUT2D eigenvalue weighted by atomic mass is 16.4. The highest BCUT2D eigenvalue weighted by Gasteiger charge is 2.64.